The number of aromatic nitrogens is 3. The summed E-state index contributed by atoms with van der Waals surface area (Å²) < 4.78 is 97.5. The number of ether oxygens (including phenoxy) is 1. The van der Waals surface area contributed by atoms with Gasteiger partial charge in [-0.2, -0.15) is 26.3 Å². The molecule has 0 radical (unpaired) electrons. The van der Waals surface area contributed by atoms with Crippen molar-refractivity contribution in [3.05, 3.63) is 60.2 Å². The Labute approximate surface area is 230 Å². The third-order valence-electron chi connectivity index (χ3n) is 5.21. The first-order chi connectivity index (χ1) is 19.5. The predicted octanol–water partition coefficient (Wildman–Crippen LogP) is -0.262. The van der Waals surface area contributed by atoms with Crippen molar-refractivity contribution in [1.29, 1.82) is 0 Å². The lowest BCUT2D eigenvalue weighted by molar-refractivity contribution is -0.497. The number of carbonyl (C=O) groups excluding carboxylic acids is 3. The van der Waals surface area contributed by atoms with E-state index < -0.39 is 42.7 Å². The van der Waals surface area contributed by atoms with E-state index >= 15 is 0 Å². The molecule has 1 amide bonds. The summed E-state index contributed by atoms with van der Waals surface area (Å²) in [4.78, 5) is 38.4. The predicted molar refractivity (Wildman–Crippen MR) is 118 cm³/mol. The minimum Gasteiger partial charge on any atom is -0.542 e. The summed E-state index contributed by atoms with van der Waals surface area (Å²) in [5.41, 5.74) is 1.17. The number of halogens is 8. The number of morpholine rings is 1. The first kappa shape index (κ1) is 33.7. The molecule has 1 fully saturated rings. The highest BCUT2D eigenvalue weighted by atomic mass is 19.4. The van der Waals surface area contributed by atoms with E-state index in [0.717, 1.165) is 5.95 Å². The number of H-pyrrole nitrogens is 2. The van der Waals surface area contributed by atoms with Gasteiger partial charge in [0.15, 0.2) is 17.9 Å². The van der Waals surface area contributed by atoms with Gasteiger partial charge in [0.05, 0.1) is 32.5 Å². The molecule has 3 N–H and O–H groups in total. The van der Waals surface area contributed by atoms with Crippen LogP contribution in [0.15, 0.2) is 48.9 Å². The van der Waals surface area contributed by atoms with Crippen molar-refractivity contribution in [2.75, 3.05) is 31.2 Å². The quantitative estimate of drug-likeness (QED) is 0.296. The molecule has 0 spiro atoms. The number of hydrogen-bond donors (Lipinski definition) is 2. The van der Waals surface area contributed by atoms with E-state index in [-0.39, 0.29) is 5.69 Å². The lowest BCUT2D eigenvalue weighted by atomic mass is 10.1. The van der Waals surface area contributed by atoms with Crippen molar-refractivity contribution in [2.45, 2.75) is 24.8 Å². The zero-order valence-corrected chi connectivity index (χ0v) is 21.0. The standard InChI is InChI=1S/C19H19F2N5O2.2C2HF3O2/c20-17(21)15(13-4-3-6-22-12-13)23-18(27)16-14-5-1-2-7-26(14)19(24-16)25-8-10-28-11-9-25;2*3-2(4,5)1(6)7/h1-7,12,15,17H,8-11H2,(H,23,27);2*(H,6,7). The maximum absolute atomic E-state index is 13.6. The molecule has 3 aromatic rings. The van der Waals surface area contributed by atoms with Crippen LogP contribution in [0.4, 0.5) is 41.1 Å². The smallest absolute Gasteiger partial charge is 0.430 e. The van der Waals surface area contributed by atoms with Gasteiger partial charge in [0.2, 0.25) is 5.69 Å². The van der Waals surface area contributed by atoms with Crippen LogP contribution < -0.4 is 29.8 Å². The number of carboxylic acid groups (broad SMARTS) is 2. The Morgan fingerprint density at radius 1 is 0.976 bits per heavy atom. The fourth-order valence-electron chi connectivity index (χ4n) is 3.35. The number of nitrogens with one attached hydrogen (secondary N) is 3. The molecule has 1 atom stereocenters. The van der Waals surface area contributed by atoms with Crippen molar-refractivity contribution in [2.24, 2.45) is 0 Å². The number of hydrogen-bond acceptors (Lipinski definition) is 7. The van der Waals surface area contributed by atoms with Crippen LogP contribution >= 0.6 is 0 Å². The molecule has 1 unspecified atom stereocenters. The molecule has 1 aliphatic heterocycles. The number of anilines is 1. The molecule has 1 aliphatic rings. The second-order valence-electron chi connectivity index (χ2n) is 8.07. The van der Waals surface area contributed by atoms with Gasteiger partial charge in [-0.15, -0.1) is 0 Å². The number of amides is 1. The number of carboxylic acids is 2. The van der Waals surface area contributed by atoms with Crippen LogP contribution in [0.1, 0.15) is 22.1 Å². The highest BCUT2D eigenvalue weighted by molar-refractivity contribution is 5.98. The van der Waals surface area contributed by atoms with Gasteiger partial charge in [0, 0.05) is 11.6 Å². The van der Waals surface area contributed by atoms with Gasteiger partial charge in [-0.25, -0.2) is 23.1 Å². The Bertz CT molecular complexity index is 1320. The summed E-state index contributed by atoms with van der Waals surface area (Å²) >= 11 is 0. The topological polar surface area (TPSA) is 156 Å². The Hall–Kier alpha value is -4.55. The number of aliphatic carboxylic acids is 2. The number of fused-ring (bicyclic) bond motifs is 1. The minimum absolute atomic E-state index is 0.243. The molecule has 0 saturated carbocycles. The van der Waals surface area contributed by atoms with Crippen molar-refractivity contribution in [3.63, 3.8) is 0 Å². The molecule has 0 aliphatic carbocycles. The number of rotatable bonds is 5. The van der Waals surface area contributed by atoms with Gasteiger partial charge in [-0.1, -0.05) is 6.07 Å². The molecular weight excluding hydrogens is 594 g/mol. The second kappa shape index (κ2) is 14.4. The fraction of sp³-hybridized carbons (Fsp3) is 0.348. The Balaban J connectivity index is 0.000000367. The molecule has 42 heavy (non-hydrogen) atoms. The Kier molecular flexibility index (Phi) is 11.5. The molecule has 230 valence electrons. The lowest BCUT2D eigenvalue weighted by Gasteiger charge is -2.21. The Morgan fingerprint density at radius 3 is 2.02 bits per heavy atom. The first-order valence-corrected chi connectivity index (χ1v) is 11.5. The molecule has 19 heteroatoms. The SMILES string of the molecule is O=C(NC(c1ccc[nH+]c1)C(F)F)c1[nH]c(N2CCOCC2)[n+]2ccccc12.O=C([O-])C(F)(F)F.O=C([O-])C(F)(F)F. The van der Waals surface area contributed by atoms with Crippen LogP contribution in [0.5, 0.6) is 0 Å². The molecule has 3 aromatic heterocycles. The summed E-state index contributed by atoms with van der Waals surface area (Å²) in [7, 11) is 0. The summed E-state index contributed by atoms with van der Waals surface area (Å²) in [5.74, 6) is -5.87. The summed E-state index contributed by atoms with van der Waals surface area (Å²) in [6.45, 7) is 2.54. The summed E-state index contributed by atoms with van der Waals surface area (Å²) in [6.07, 6.45) is -8.22. The summed E-state index contributed by atoms with van der Waals surface area (Å²) in [5, 5.41) is 20.0. The number of imidazole rings is 1. The van der Waals surface area contributed by atoms with Gasteiger partial charge in [-0.3, -0.25) is 9.69 Å². The van der Waals surface area contributed by atoms with Gasteiger partial charge in [0.1, 0.15) is 18.0 Å². The normalized spacial score (nSPS) is 14.3. The van der Waals surface area contributed by atoms with Crippen molar-refractivity contribution < 1.29 is 73.8 Å². The second-order valence-corrected chi connectivity index (χ2v) is 8.07. The van der Waals surface area contributed by atoms with E-state index in [2.05, 4.69) is 20.2 Å². The van der Waals surface area contributed by atoms with Crippen molar-refractivity contribution in [1.82, 2.24) is 10.3 Å². The molecule has 4 heterocycles. The van der Waals surface area contributed by atoms with Crippen LogP contribution in [0.2, 0.25) is 0 Å². The van der Waals surface area contributed by atoms with Gasteiger partial charge < -0.3 is 29.9 Å². The van der Waals surface area contributed by atoms with Gasteiger partial charge in [0.25, 0.3) is 12.3 Å². The summed E-state index contributed by atoms with van der Waals surface area (Å²) in [6, 6.07) is 7.20. The number of pyridine rings is 2. The van der Waals surface area contributed by atoms with Gasteiger partial charge >= 0.3 is 18.3 Å². The highest BCUT2D eigenvalue weighted by Gasteiger charge is 2.32. The number of carbonyl (C=O) groups is 3. The number of alkyl halides is 8. The third-order valence-corrected chi connectivity index (χ3v) is 5.21. The van der Waals surface area contributed by atoms with E-state index in [1.54, 1.807) is 30.5 Å². The molecule has 4 rings (SSSR count). The maximum atomic E-state index is 13.6. The third kappa shape index (κ3) is 9.53. The monoisotopic (exact) mass is 615 g/mol. The van der Waals surface area contributed by atoms with Crippen molar-refractivity contribution in [3.8, 4) is 0 Å². The highest BCUT2D eigenvalue weighted by Crippen LogP contribution is 2.21. The minimum atomic E-state index is -5.19. The number of aromatic amines is 2. The van der Waals surface area contributed by atoms with Crippen LogP contribution in [-0.4, -0.2) is 67.9 Å². The van der Waals surface area contributed by atoms with E-state index in [1.165, 1.54) is 6.20 Å². The van der Waals surface area contributed by atoms with E-state index in [9.17, 15) is 39.9 Å². The van der Waals surface area contributed by atoms with E-state index in [4.69, 9.17) is 24.5 Å². The number of nitrogens with zero attached hydrogens (tertiary/aromatic N) is 2. The molecule has 11 nitrogen and oxygen atoms in total. The molecule has 0 aromatic carbocycles. The van der Waals surface area contributed by atoms with E-state index in [1.807, 2.05) is 16.7 Å². The lowest BCUT2D eigenvalue weighted by Crippen LogP contribution is -2.41. The molecule has 0 bridgehead atoms. The average Bonchev–Trinajstić information content (AvgIpc) is 3.32. The van der Waals surface area contributed by atoms with E-state index in [0.29, 0.717) is 37.4 Å². The zero-order chi connectivity index (χ0) is 31.7. The van der Waals surface area contributed by atoms with Crippen LogP contribution in [0.25, 0.3) is 5.52 Å². The van der Waals surface area contributed by atoms with Crippen LogP contribution in [0.3, 0.4) is 0 Å². The maximum Gasteiger partial charge on any atom is 0.430 e. The van der Waals surface area contributed by atoms with Gasteiger partial charge in [-0.05, 0) is 18.2 Å². The Morgan fingerprint density at radius 2 is 1.55 bits per heavy atom. The first-order valence-electron chi connectivity index (χ1n) is 11.5. The average molecular weight is 615 g/mol. The molecular formula is C23H21F8N5O6. The zero-order valence-electron chi connectivity index (χ0n) is 21.0. The fourth-order valence-corrected chi connectivity index (χ4v) is 3.35. The van der Waals surface area contributed by atoms with Crippen LogP contribution in [-0.2, 0) is 14.3 Å². The largest absolute Gasteiger partial charge is 0.542 e. The molecule has 1 saturated heterocycles. The van der Waals surface area contributed by atoms with Crippen molar-refractivity contribution >= 4 is 29.3 Å². The van der Waals surface area contributed by atoms with Crippen LogP contribution in [0, 0.1) is 0 Å².